The topological polar surface area (TPSA) is 113 Å². The number of hydrogen-bond acceptors (Lipinski definition) is 5. The maximum absolute atomic E-state index is 13.3. The van der Waals surface area contributed by atoms with Gasteiger partial charge in [-0.1, -0.05) is 0 Å². The fraction of sp³-hybridized carbons (Fsp3) is 0.417. The molecule has 1 aromatic rings. The van der Waals surface area contributed by atoms with Gasteiger partial charge < -0.3 is 25.8 Å². The summed E-state index contributed by atoms with van der Waals surface area (Å²) in [6.07, 6.45) is -0.290. The number of carboxylic acid groups (broad SMARTS) is 1. The molecule has 0 aromatic heterocycles. The van der Waals surface area contributed by atoms with Crippen LogP contribution < -0.4 is 5.73 Å². The number of rotatable bonds is 3. The molecule has 6 nitrogen and oxygen atoms in total. The van der Waals surface area contributed by atoms with Gasteiger partial charge >= 0.3 is 5.97 Å². The van der Waals surface area contributed by atoms with E-state index in [2.05, 4.69) is 4.74 Å². The Balaban J connectivity index is 0.000000982. The summed E-state index contributed by atoms with van der Waals surface area (Å²) in [5, 5.41) is 26.9. The molecular formula is C12H18FNO5. The number of methoxy groups -OCH3 is 1. The summed E-state index contributed by atoms with van der Waals surface area (Å²) >= 11 is 0. The molecule has 1 unspecified atom stereocenters. The zero-order valence-corrected chi connectivity index (χ0v) is 11.0. The van der Waals surface area contributed by atoms with Gasteiger partial charge in [0.05, 0.1) is 0 Å². The zero-order valence-electron chi connectivity index (χ0n) is 11.0. The normalized spacial score (nSPS) is 13.1. The Morgan fingerprint density at radius 2 is 1.79 bits per heavy atom. The van der Waals surface area contributed by atoms with E-state index >= 15 is 0 Å². The standard InChI is InChI=1S/C10H12FNO4.C2H6O/c1-10(12,9(15)16)4-5-2-7(13)8(14)3-6(5)11;1-3-2/h2-3,13-14H,4,12H2,1H3,(H,15,16);1-2H3. The van der Waals surface area contributed by atoms with Gasteiger partial charge in [0.1, 0.15) is 11.4 Å². The van der Waals surface area contributed by atoms with Crippen molar-refractivity contribution in [3.63, 3.8) is 0 Å². The van der Waals surface area contributed by atoms with E-state index in [0.29, 0.717) is 6.07 Å². The lowest BCUT2D eigenvalue weighted by atomic mass is 9.93. The molecule has 108 valence electrons. The summed E-state index contributed by atoms with van der Waals surface area (Å²) < 4.78 is 17.6. The quantitative estimate of drug-likeness (QED) is 0.608. The average molecular weight is 275 g/mol. The minimum absolute atomic E-state index is 0.0669. The minimum atomic E-state index is -1.63. The molecule has 0 spiro atoms. The maximum atomic E-state index is 13.3. The first-order valence-corrected chi connectivity index (χ1v) is 5.28. The van der Waals surface area contributed by atoms with E-state index in [1.807, 2.05) is 0 Å². The van der Waals surface area contributed by atoms with Gasteiger partial charge in [-0.2, -0.15) is 0 Å². The number of carbonyl (C=O) groups is 1. The second-order valence-corrected chi connectivity index (χ2v) is 4.24. The lowest BCUT2D eigenvalue weighted by Gasteiger charge is -2.19. The summed E-state index contributed by atoms with van der Waals surface area (Å²) in [6, 6.07) is 1.67. The number of nitrogens with two attached hydrogens (primary N) is 1. The van der Waals surface area contributed by atoms with E-state index in [4.69, 9.17) is 21.1 Å². The van der Waals surface area contributed by atoms with Gasteiger partial charge in [0.25, 0.3) is 0 Å². The molecular weight excluding hydrogens is 257 g/mol. The number of halogens is 1. The molecule has 1 rings (SSSR count). The van der Waals surface area contributed by atoms with Crippen LogP contribution in [0.3, 0.4) is 0 Å². The lowest BCUT2D eigenvalue weighted by molar-refractivity contribution is -0.142. The van der Waals surface area contributed by atoms with E-state index in [0.717, 1.165) is 6.07 Å². The van der Waals surface area contributed by atoms with Crippen LogP contribution in [0.2, 0.25) is 0 Å². The molecule has 1 atom stereocenters. The van der Waals surface area contributed by atoms with Crippen LogP contribution in [0.1, 0.15) is 12.5 Å². The van der Waals surface area contributed by atoms with Crippen LogP contribution in [0.15, 0.2) is 12.1 Å². The molecule has 0 aliphatic carbocycles. The molecule has 1 aromatic carbocycles. The highest BCUT2D eigenvalue weighted by Gasteiger charge is 2.29. The first-order chi connectivity index (χ1) is 8.65. The summed E-state index contributed by atoms with van der Waals surface area (Å²) in [4.78, 5) is 10.7. The number of aliphatic carboxylic acids is 1. The van der Waals surface area contributed by atoms with Crippen molar-refractivity contribution in [2.75, 3.05) is 14.2 Å². The first-order valence-electron chi connectivity index (χ1n) is 5.28. The maximum Gasteiger partial charge on any atom is 0.323 e. The number of phenolic OH excluding ortho intramolecular Hbond substituents is 2. The van der Waals surface area contributed by atoms with Crippen molar-refractivity contribution in [2.45, 2.75) is 18.9 Å². The van der Waals surface area contributed by atoms with E-state index in [9.17, 15) is 9.18 Å². The van der Waals surface area contributed by atoms with Crippen molar-refractivity contribution in [1.82, 2.24) is 0 Å². The van der Waals surface area contributed by atoms with E-state index in [-0.39, 0.29) is 12.0 Å². The molecule has 19 heavy (non-hydrogen) atoms. The Morgan fingerprint density at radius 1 is 1.37 bits per heavy atom. The van der Waals surface area contributed by atoms with Crippen LogP contribution in [-0.4, -0.2) is 41.0 Å². The number of aromatic hydroxyl groups is 2. The molecule has 0 radical (unpaired) electrons. The molecule has 0 saturated carbocycles. The smallest absolute Gasteiger partial charge is 0.323 e. The number of carboxylic acids is 1. The Morgan fingerprint density at radius 3 is 2.21 bits per heavy atom. The monoisotopic (exact) mass is 275 g/mol. The van der Waals surface area contributed by atoms with Crippen LogP contribution in [0.5, 0.6) is 11.5 Å². The van der Waals surface area contributed by atoms with Crippen LogP contribution in [0, 0.1) is 5.82 Å². The molecule has 5 N–H and O–H groups in total. The van der Waals surface area contributed by atoms with Gasteiger partial charge in [-0.05, 0) is 18.6 Å². The van der Waals surface area contributed by atoms with Gasteiger partial charge in [0, 0.05) is 26.7 Å². The first kappa shape index (κ1) is 17.1. The van der Waals surface area contributed by atoms with E-state index in [1.54, 1.807) is 14.2 Å². The summed E-state index contributed by atoms with van der Waals surface area (Å²) in [5.74, 6) is -3.21. The minimum Gasteiger partial charge on any atom is -0.504 e. The van der Waals surface area contributed by atoms with E-state index < -0.39 is 28.8 Å². The highest BCUT2D eigenvalue weighted by molar-refractivity contribution is 5.78. The van der Waals surface area contributed by atoms with Gasteiger partial charge in [0.2, 0.25) is 0 Å². The predicted octanol–water partition coefficient (Wildman–Crippen LogP) is 0.844. The zero-order chi connectivity index (χ0) is 15.2. The van der Waals surface area contributed by atoms with Crippen molar-refractivity contribution in [1.29, 1.82) is 0 Å². The second-order valence-electron chi connectivity index (χ2n) is 4.24. The Labute approximate surface area is 110 Å². The molecule has 0 amide bonds. The van der Waals surface area contributed by atoms with Gasteiger partial charge in [-0.3, -0.25) is 4.79 Å². The lowest BCUT2D eigenvalue weighted by Crippen LogP contribution is -2.47. The molecule has 7 heteroatoms. The number of benzene rings is 1. The van der Waals surface area contributed by atoms with Crippen molar-refractivity contribution in [3.8, 4) is 11.5 Å². The molecule has 0 fully saturated rings. The summed E-state index contributed by atoms with van der Waals surface area (Å²) in [5.41, 5.74) is 3.74. The Bertz CT molecular complexity index is 448. The van der Waals surface area contributed by atoms with Gasteiger partial charge in [-0.15, -0.1) is 0 Å². The van der Waals surface area contributed by atoms with Gasteiger partial charge in [-0.25, -0.2) is 4.39 Å². The SMILES string of the molecule is CC(N)(Cc1cc(O)c(O)cc1F)C(=O)O.COC. The summed E-state index contributed by atoms with van der Waals surface area (Å²) in [6.45, 7) is 1.23. The largest absolute Gasteiger partial charge is 0.504 e. The third-order valence-corrected chi connectivity index (χ3v) is 2.19. The van der Waals surface area contributed by atoms with Crippen molar-refractivity contribution >= 4 is 5.97 Å². The Hall–Kier alpha value is -1.86. The van der Waals surface area contributed by atoms with Crippen molar-refractivity contribution in [2.24, 2.45) is 5.73 Å². The number of phenols is 2. The van der Waals surface area contributed by atoms with E-state index in [1.165, 1.54) is 6.92 Å². The summed E-state index contributed by atoms with van der Waals surface area (Å²) in [7, 11) is 3.25. The molecule has 0 aliphatic rings. The van der Waals surface area contributed by atoms with Crippen molar-refractivity contribution in [3.05, 3.63) is 23.5 Å². The van der Waals surface area contributed by atoms with Crippen LogP contribution in [0.4, 0.5) is 4.39 Å². The molecule has 0 bridgehead atoms. The highest BCUT2D eigenvalue weighted by Crippen LogP contribution is 2.29. The number of hydrogen-bond donors (Lipinski definition) is 4. The fourth-order valence-corrected chi connectivity index (χ4v) is 1.20. The molecule has 0 saturated heterocycles. The average Bonchev–Trinajstić information content (AvgIpc) is 2.26. The molecule has 0 aliphatic heterocycles. The second kappa shape index (κ2) is 6.91. The fourth-order valence-electron chi connectivity index (χ4n) is 1.20. The van der Waals surface area contributed by atoms with Crippen LogP contribution in [-0.2, 0) is 16.0 Å². The predicted molar refractivity (Wildman–Crippen MR) is 66.6 cm³/mol. The van der Waals surface area contributed by atoms with Gasteiger partial charge in [0.15, 0.2) is 11.5 Å². The van der Waals surface area contributed by atoms with Crippen molar-refractivity contribution < 1.29 is 29.2 Å². The third-order valence-electron chi connectivity index (χ3n) is 2.19. The highest BCUT2D eigenvalue weighted by atomic mass is 19.1. The Kier molecular flexibility index (Phi) is 6.23. The van der Waals surface area contributed by atoms with Crippen LogP contribution >= 0.6 is 0 Å². The molecule has 0 heterocycles. The third kappa shape index (κ3) is 5.11. The number of ether oxygens (including phenoxy) is 1. The van der Waals surface area contributed by atoms with Crippen LogP contribution in [0.25, 0.3) is 0 Å².